The Morgan fingerprint density at radius 1 is 1.37 bits per heavy atom. The second-order valence-corrected chi connectivity index (χ2v) is 6.91. The first-order valence-corrected chi connectivity index (χ1v) is 7.61. The molecule has 1 aromatic rings. The van der Waals surface area contributed by atoms with E-state index >= 15 is 0 Å². The Bertz CT molecular complexity index is 512. The van der Waals surface area contributed by atoms with Crippen LogP contribution in [0.2, 0.25) is 0 Å². The molecule has 2 nitrogen and oxygen atoms in total. The summed E-state index contributed by atoms with van der Waals surface area (Å²) in [7, 11) is 1.77. The first kappa shape index (κ1) is 11.8. The van der Waals surface area contributed by atoms with Gasteiger partial charge in [-0.2, -0.15) is 0 Å². The molecule has 4 atom stereocenters. The SMILES string of the molecule is COc1ccc2c(c1)[C@]1(C)CCC3CNC(C2)C1C3. The molecule has 0 radical (unpaired) electrons. The zero-order valence-corrected chi connectivity index (χ0v) is 11.9. The number of fused-ring (bicyclic) bond motifs is 3. The minimum Gasteiger partial charge on any atom is -0.497 e. The maximum atomic E-state index is 5.45. The van der Waals surface area contributed by atoms with Gasteiger partial charge >= 0.3 is 0 Å². The van der Waals surface area contributed by atoms with Gasteiger partial charge in [0.15, 0.2) is 0 Å². The number of rotatable bonds is 1. The Morgan fingerprint density at radius 3 is 3.11 bits per heavy atom. The van der Waals surface area contributed by atoms with Crippen LogP contribution in [0.4, 0.5) is 0 Å². The summed E-state index contributed by atoms with van der Waals surface area (Å²) in [5, 5.41) is 3.82. The average molecular weight is 257 g/mol. The Hall–Kier alpha value is -1.02. The van der Waals surface area contributed by atoms with E-state index < -0.39 is 0 Å². The molecular weight excluding hydrogens is 234 g/mol. The highest BCUT2D eigenvalue weighted by molar-refractivity contribution is 5.44. The largest absolute Gasteiger partial charge is 0.497 e. The summed E-state index contributed by atoms with van der Waals surface area (Å²) < 4.78 is 5.45. The Kier molecular flexibility index (Phi) is 2.47. The Labute approximate surface area is 115 Å². The van der Waals surface area contributed by atoms with Crippen molar-refractivity contribution in [1.29, 1.82) is 0 Å². The molecule has 0 spiro atoms. The highest BCUT2D eigenvalue weighted by Crippen LogP contribution is 2.53. The van der Waals surface area contributed by atoms with E-state index in [1.54, 1.807) is 12.7 Å². The molecule has 1 aliphatic heterocycles. The van der Waals surface area contributed by atoms with E-state index in [1.165, 1.54) is 37.8 Å². The van der Waals surface area contributed by atoms with Gasteiger partial charge in [0.25, 0.3) is 0 Å². The van der Waals surface area contributed by atoms with Gasteiger partial charge in [0.05, 0.1) is 7.11 Å². The van der Waals surface area contributed by atoms with E-state index in [0.717, 1.165) is 17.6 Å². The van der Waals surface area contributed by atoms with Crippen molar-refractivity contribution in [1.82, 2.24) is 5.32 Å². The smallest absolute Gasteiger partial charge is 0.119 e. The molecule has 1 saturated carbocycles. The summed E-state index contributed by atoms with van der Waals surface area (Å²) in [6.45, 7) is 3.73. The van der Waals surface area contributed by atoms with Crippen LogP contribution in [-0.2, 0) is 11.8 Å². The number of hydrogen-bond donors (Lipinski definition) is 1. The van der Waals surface area contributed by atoms with Crippen molar-refractivity contribution in [3.8, 4) is 5.75 Å². The fourth-order valence-corrected chi connectivity index (χ4v) is 4.86. The fourth-order valence-electron chi connectivity index (χ4n) is 4.86. The third-order valence-corrected chi connectivity index (χ3v) is 6.00. The van der Waals surface area contributed by atoms with Crippen molar-refractivity contribution in [2.45, 2.75) is 44.1 Å². The molecule has 1 saturated heterocycles. The van der Waals surface area contributed by atoms with Crippen molar-refractivity contribution >= 4 is 0 Å². The molecule has 1 N–H and O–H groups in total. The van der Waals surface area contributed by atoms with E-state index in [2.05, 4.69) is 30.4 Å². The molecule has 1 heterocycles. The highest BCUT2D eigenvalue weighted by Gasteiger charge is 2.50. The van der Waals surface area contributed by atoms with Crippen molar-refractivity contribution in [3.05, 3.63) is 29.3 Å². The molecule has 2 bridgehead atoms. The summed E-state index contributed by atoms with van der Waals surface area (Å²) in [5.74, 6) is 2.76. The molecule has 2 aliphatic carbocycles. The van der Waals surface area contributed by atoms with Gasteiger partial charge in [-0.3, -0.25) is 0 Å². The summed E-state index contributed by atoms with van der Waals surface area (Å²) >= 11 is 0. The number of benzene rings is 1. The first-order chi connectivity index (χ1) is 9.20. The lowest BCUT2D eigenvalue weighted by Gasteiger charge is -2.55. The molecule has 3 unspecified atom stereocenters. The summed E-state index contributed by atoms with van der Waals surface area (Å²) in [4.78, 5) is 0. The van der Waals surface area contributed by atoms with Crippen LogP contribution in [-0.4, -0.2) is 19.7 Å². The van der Waals surface area contributed by atoms with Gasteiger partial charge in [0.2, 0.25) is 0 Å². The number of hydrogen-bond acceptors (Lipinski definition) is 2. The minimum absolute atomic E-state index is 0.358. The molecule has 4 rings (SSSR count). The van der Waals surface area contributed by atoms with Crippen LogP contribution in [0.5, 0.6) is 5.75 Å². The van der Waals surface area contributed by atoms with Crippen LogP contribution in [0.3, 0.4) is 0 Å². The quantitative estimate of drug-likeness (QED) is 0.835. The van der Waals surface area contributed by atoms with Gasteiger partial charge in [0.1, 0.15) is 5.75 Å². The van der Waals surface area contributed by atoms with Crippen LogP contribution in [0, 0.1) is 11.8 Å². The normalized spacial score (nSPS) is 39.6. The van der Waals surface area contributed by atoms with Crippen molar-refractivity contribution in [2.75, 3.05) is 13.7 Å². The number of piperidine rings is 1. The second-order valence-electron chi connectivity index (χ2n) is 6.91. The molecule has 3 aliphatic rings. The van der Waals surface area contributed by atoms with Crippen LogP contribution >= 0.6 is 0 Å². The topological polar surface area (TPSA) is 21.3 Å². The van der Waals surface area contributed by atoms with Gasteiger partial charge in [-0.05, 0) is 72.7 Å². The average Bonchev–Trinajstić information content (AvgIpc) is 2.46. The third kappa shape index (κ3) is 1.59. The summed E-state index contributed by atoms with van der Waals surface area (Å²) in [6.07, 6.45) is 5.35. The van der Waals surface area contributed by atoms with E-state index in [-0.39, 0.29) is 0 Å². The van der Waals surface area contributed by atoms with Gasteiger partial charge in [-0.1, -0.05) is 13.0 Å². The maximum Gasteiger partial charge on any atom is 0.119 e. The maximum absolute atomic E-state index is 5.45. The van der Waals surface area contributed by atoms with Crippen molar-refractivity contribution < 1.29 is 4.74 Å². The van der Waals surface area contributed by atoms with Crippen LogP contribution in [0.15, 0.2) is 18.2 Å². The lowest BCUT2D eigenvalue weighted by atomic mass is 9.53. The molecule has 0 amide bonds. The van der Waals surface area contributed by atoms with Crippen LogP contribution in [0.25, 0.3) is 0 Å². The number of nitrogens with one attached hydrogen (secondary N) is 1. The summed E-state index contributed by atoms with van der Waals surface area (Å²) in [5.41, 5.74) is 3.46. The molecule has 102 valence electrons. The first-order valence-electron chi connectivity index (χ1n) is 7.61. The molecule has 0 aromatic heterocycles. The molecule has 2 fully saturated rings. The Balaban J connectivity index is 1.85. The second kappa shape index (κ2) is 3.99. The Morgan fingerprint density at radius 2 is 2.26 bits per heavy atom. The van der Waals surface area contributed by atoms with Gasteiger partial charge < -0.3 is 10.1 Å². The zero-order valence-electron chi connectivity index (χ0n) is 11.9. The van der Waals surface area contributed by atoms with Crippen LogP contribution < -0.4 is 10.1 Å². The van der Waals surface area contributed by atoms with Gasteiger partial charge in [-0.15, -0.1) is 0 Å². The van der Waals surface area contributed by atoms with E-state index in [0.29, 0.717) is 11.5 Å². The minimum atomic E-state index is 0.358. The molecular formula is C17H23NO. The van der Waals surface area contributed by atoms with Crippen molar-refractivity contribution in [2.24, 2.45) is 11.8 Å². The van der Waals surface area contributed by atoms with E-state index in [1.807, 2.05) is 0 Å². The van der Waals surface area contributed by atoms with Crippen LogP contribution in [0.1, 0.15) is 37.3 Å². The van der Waals surface area contributed by atoms with Gasteiger partial charge in [0, 0.05) is 6.04 Å². The number of methoxy groups -OCH3 is 1. The van der Waals surface area contributed by atoms with Gasteiger partial charge in [-0.25, -0.2) is 0 Å². The highest BCUT2D eigenvalue weighted by atomic mass is 16.5. The fraction of sp³-hybridized carbons (Fsp3) is 0.647. The third-order valence-electron chi connectivity index (χ3n) is 6.00. The lowest BCUT2D eigenvalue weighted by Crippen LogP contribution is -2.59. The predicted molar refractivity (Wildman–Crippen MR) is 76.7 cm³/mol. The zero-order chi connectivity index (χ0) is 13.0. The standard InChI is InChI=1S/C17H23NO/c1-17-6-5-11-7-15(17)16(18-10-11)8-12-3-4-13(19-2)9-14(12)17/h3-4,9,11,15-16,18H,5-8,10H2,1-2H3/t11?,15?,16?,17-/m0/s1. The molecule has 19 heavy (non-hydrogen) atoms. The predicted octanol–water partition coefficient (Wildman–Crippen LogP) is 2.90. The molecule has 2 heteroatoms. The monoisotopic (exact) mass is 257 g/mol. The lowest BCUT2D eigenvalue weighted by molar-refractivity contribution is 0.0626. The van der Waals surface area contributed by atoms with Crippen molar-refractivity contribution in [3.63, 3.8) is 0 Å². The van der Waals surface area contributed by atoms with E-state index in [4.69, 9.17) is 4.74 Å². The molecule has 1 aromatic carbocycles. The summed E-state index contributed by atoms with van der Waals surface area (Å²) in [6, 6.07) is 7.41. The van der Waals surface area contributed by atoms with E-state index in [9.17, 15) is 0 Å². The number of ether oxygens (including phenoxy) is 1.